The van der Waals surface area contributed by atoms with Crippen LogP contribution in [0.25, 0.3) is 33.3 Å². The molecule has 7 rings (SSSR count). The van der Waals surface area contributed by atoms with Gasteiger partial charge in [0.1, 0.15) is 17.7 Å². The van der Waals surface area contributed by atoms with E-state index in [1.807, 2.05) is 12.1 Å². The summed E-state index contributed by atoms with van der Waals surface area (Å²) < 4.78 is 13.1. The number of hydrazine groups is 1. The van der Waals surface area contributed by atoms with Gasteiger partial charge in [-0.05, 0) is 112 Å². The van der Waals surface area contributed by atoms with E-state index in [4.69, 9.17) is 14.5 Å². The van der Waals surface area contributed by atoms with Crippen molar-refractivity contribution in [3.8, 4) is 22.4 Å². The predicted molar refractivity (Wildman–Crippen MR) is 252 cm³/mol. The molecule has 2 atom stereocenters. The second kappa shape index (κ2) is 19.0. The molecule has 0 radical (unpaired) electrons. The summed E-state index contributed by atoms with van der Waals surface area (Å²) in [7, 11) is 1.34. The smallest absolute Gasteiger partial charge is 0.408 e. The highest BCUT2D eigenvalue weighted by Crippen LogP contribution is 2.43. The van der Waals surface area contributed by atoms with Crippen molar-refractivity contribution in [2.75, 3.05) is 44.7 Å². The SMILES string of the molecule is CCn1c(-c2cc(N3CCN(C4CC4)CC3)cnc2C(C)C)c(CC(C)(C)CC)c2cc(-c3cccc(C[C@H](NC(=O)OC(C)(C)C)C(=O)N4CCC[C@@H](C(=O)OC)N4)c3)ccc21. The minimum atomic E-state index is -0.952. The average molecular weight is 862 g/mol. The zero-order valence-electron chi connectivity index (χ0n) is 39.5. The summed E-state index contributed by atoms with van der Waals surface area (Å²) in [5.74, 6) is -0.535. The molecule has 63 heavy (non-hydrogen) atoms. The Bertz CT molecular complexity index is 2280. The minimum Gasteiger partial charge on any atom is -0.468 e. The number of alkyl carbamates (subject to hydrolysis) is 1. The highest BCUT2D eigenvalue weighted by molar-refractivity contribution is 5.96. The van der Waals surface area contributed by atoms with Gasteiger partial charge < -0.3 is 24.3 Å². The molecule has 0 spiro atoms. The number of benzene rings is 2. The molecular formula is C51H71N7O5. The number of esters is 1. The van der Waals surface area contributed by atoms with Crippen molar-refractivity contribution >= 4 is 34.6 Å². The van der Waals surface area contributed by atoms with Crippen LogP contribution in [-0.4, -0.2) is 101 Å². The van der Waals surface area contributed by atoms with Crippen molar-refractivity contribution in [1.82, 2.24) is 30.2 Å². The first-order chi connectivity index (χ1) is 30.0. The molecule has 2 amide bonds. The van der Waals surface area contributed by atoms with Crippen molar-refractivity contribution in [3.63, 3.8) is 0 Å². The summed E-state index contributed by atoms with van der Waals surface area (Å²) in [5, 5.41) is 5.53. The van der Waals surface area contributed by atoms with E-state index in [-0.39, 0.29) is 23.7 Å². The number of carbonyl (C=O) groups excluding carboxylic acids is 3. The molecule has 0 unspecified atom stereocenters. The van der Waals surface area contributed by atoms with Gasteiger partial charge in [0.2, 0.25) is 0 Å². The lowest BCUT2D eigenvalue weighted by Crippen LogP contribution is -2.60. The van der Waals surface area contributed by atoms with Crippen molar-refractivity contribution < 1.29 is 23.9 Å². The standard InChI is InChI=1S/C51H71N7O5/c1-11-51(8,9)31-41-39-29-36(18-21-44(39)57(12-2)46(41)40-30-38(32-52-45(40)33(3)4)56-25-23-55(24-26-56)37-19-20-37)35-16-13-15-34(27-35)28-43(53-49(61)63-50(5,6)7)47(59)58-22-14-17-42(54-58)48(60)62-10/h13,15-16,18,21,27,29-30,32-33,37,42-43,54H,11-12,14,17,19-20,22-26,28,31H2,1-10H3,(H,53,61)/t42-,43-/m0/s1. The topological polar surface area (TPSA) is 121 Å². The Morgan fingerprint density at radius 2 is 1.65 bits per heavy atom. The number of nitrogens with zero attached hydrogens (tertiary/aromatic N) is 5. The first-order valence-electron chi connectivity index (χ1n) is 23.4. The van der Waals surface area contributed by atoms with E-state index in [1.54, 1.807) is 20.8 Å². The van der Waals surface area contributed by atoms with Crippen molar-refractivity contribution in [2.24, 2.45) is 5.41 Å². The van der Waals surface area contributed by atoms with Crippen LogP contribution >= 0.6 is 0 Å². The largest absolute Gasteiger partial charge is 0.468 e. The molecule has 0 bridgehead atoms. The molecule has 3 fully saturated rings. The first-order valence-corrected chi connectivity index (χ1v) is 23.4. The number of methoxy groups -OCH3 is 1. The molecule has 12 heteroatoms. The fraction of sp³-hybridized carbons (Fsp3) is 0.569. The third-order valence-electron chi connectivity index (χ3n) is 13.2. The highest BCUT2D eigenvalue weighted by Gasteiger charge is 2.35. The van der Waals surface area contributed by atoms with Gasteiger partial charge in [0.05, 0.1) is 30.4 Å². The quantitative estimate of drug-likeness (QED) is 0.120. The molecule has 340 valence electrons. The summed E-state index contributed by atoms with van der Waals surface area (Å²) in [6, 6.07) is 16.7. The van der Waals surface area contributed by atoms with Gasteiger partial charge in [-0.1, -0.05) is 71.4 Å². The number of piperazine rings is 1. The summed E-state index contributed by atoms with van der Waals surface area (Å²) in [4.78, 5) is 50.2. The molecule has 4 heterocycles. The van der Waals surface area contributed by atoms with Crippen molar-refractivity contribution in [1.29, 1.82) is 0 Å². The van der Waals surface area contributed by atoms with E-state index in [0.29, 0.717) is 19.4 Å². The second-order valence-electron chi connectivity index (χ2n) is 20.0. The fourth-order valence-electron chi connectivity index (χ4n) is 9.30. The number of ether oxygens (including phenoxy) is 2. The molecule has 12 nitrogen and oxygen atoms in total. The summed E-state index contributed by atoms with van der Waals surface area (Å²) in [6.07, 6.45) is 7.45. The maximum Gasteiger partial charge on any atom is 0.408 e. The van der Waals surface area contributed by atoms with Gasteiger partial charge in [-0.25, -0.2) is 10.2 Å². The van der Waals surface area contributed by atoms with Crippen LogP contribution < -0.4 is 15.6 Å². The minimum absolute atomic E-state index is 0.0580. The number of rotatable bonds is 14. The lowest BCUT2D eigenvalue weighted by atomic mass is 9.81. The van der Waals surface area contributed by atoms with E-state index in [9.17, 15) is 14.4 Å². The maximum absolute atomic E-state index is 14.2. The zero-order chi connectivity index (χ0) is 45.2. The molecule has 2 saturated heterocycles. The third kappa shape index (κ3) is 10.7. The van der Waals surface area contributed by atoms with E-state index in [1.165, 1.54) is 58.4 Å². The molecule has 2 N–H and O–H groups in total. The molecule has 4 aromatic rings. The lowest BCUT2D eigenvalue weighted by Gasteiger charge is -2.36. The molecule has 1 saturated carbocycles. The van der Waals surface area contributed by atoms with E-state index in [0.717, 1.165) is 74.0 Å². The number of aromatic nitrogens is 2. The first kappa shape index (κ1) is 46.1. The van der Waals surface area contributed by atoms with Crippen LogP contribution in [0.5, 0.6) is 0 Å². The maximum atomic E-state index is 14.2. The Hall–Kier alpha value is -4.94. The van der Waals surface area contributed by atoms with Crippen molar-refractivity contribution in [3.05, 3.63) is 71.5 Å². The van der Waals surface area contributed by atoms with Gasteiger partial charge in [0.15, 0.2) is 0 Å². The number of hydrogen-bond acceptors (Lipinski definition) is 9. The normalized spacial score (nSPS) is 18.2. The van der Waals surface area contributed by atoms with Gasteiger partial charge in [-0.2, -0.15) is 0 Å². The zero-order valence-corrected chi connectivity index (χ0v) is 39.5. The Labute approximate surface area is 375 Å². The van der Waals surface area contributed by atoms with E-state index in [2.05, 4.69) is 109 Å². The Balaban J connectivity index is 1.26. The van der Waals surface area contributed by atoms with Crippen LogP contribution in [0.1, 0.15) is 117 Å². The van der Waals surface area contributed by atoms with Crippen LogP contribution in [0.4, 0.5) is 10.5 Å². The molecule has 2 aliphatic heterocycles. The second-order valence-corrected chi connectivity index (χ2v) is 20.0. The Kier molecular flexibility index (Phi) is 13.9. The summed E-state index contributed by atoms with van der Waals surface area (Å²) >= 11 is 0. The monoisotopic (exact) mass is 862 g/mol. The van der Waals surface area contributed by atoms with Crippen LogP contribution in [0.3, 0.4) is 0 Å². The third-order valence-corrected chi connectivity index (χ3v) is 13.2. The molecular weight excluding hydrogens is 791 g/mol. The van der Waals surface area contributed by atoms with Crippen LogP contribution in [0.2, 0.25) is 0 Å². The molecule has 3 aliphatic rings. The number of pyridine rings is 1. The van der Waals surface area contributed by atoms with E-state index < -0.39 is 29.7 Å². The van der Waals surface area contributed by atoms with E-state index >= 15 is 0 Å². The number of aryl methyl sites for hydroxylation is 1. The molecule has 2 aromatic carbocycles. The molecule has 2 aromatic heterocycles. The number of carbonyl (C=O) groups is 3. The summed E-state index contributed by atoms with van der Waals surface area (Å²) in [6.45, 7) is 24.6. The number of hydrogen-bond donors (Lipinski definition) is 2. The molecule has 1 aliphatic carbocycles. The van der Waals surface area contributed by atoms with Gasteiger partial charge in [0, 0.05) is 68.2 Å². The highest BCUT2D eigenvalue weighted by atomic mass is 16.6. The Morgan fingerprint density at radius 1 is 0.921 bits per heavy atom. The number of fused-ring (bicyclic) bond motifs is 1. The number of nitrogens with one attached hydrogen (secondary N) is 2. The van der Waals surface area contributed by atoms with Gasteiger partial charge in [-0.15, -0.1) is 0 Å². The number of anilines is 1. The van der Waals surface area contributed by atoms with Crippen molar-refractivity contribution in [2.45, 2.75) is 143 Å². The average Bonchev–Trinajstić information content (AvgIpc) is 4.08. The van der Waals surface area contributed by atoms with Crippen LogP contribution in [-0.2, 0) is 38.4 Å². The predicted octanol–water partition coefficient (Wildman–Crippen LogP) is 8.88. The summed E-state index contributed by atoms with van der Waals surface area (Å²) in [5.41, 5.74) is 12.7. The number of amides is 2. The lowest BCUT2D eigenvalue weighted by molar-refractivity contribution is -0.150. The van der Waals surface area contributed by atoms with Gasteiger partial charge in [-0.3, -0.25) is 24.5 Å². The van der Waals surface area contributed by atoms with Gasteiger partial charge >= 0.3 is 12.1 Å². The fourth-order valence-corrected chi connectivity index (χ4v) is 9.30. The van der Waals surface area contributed by atoms with Gasteiger partial charge in [0.25, 0.3) is 5.91 Å². The van der Waals surface area contributed by atoms with Crippen LogP contribution in [0.15, 0.2) is 54.7 Å². The van der Waals surface area contributed by atoms with Crippen LogP contribution in [0, 0.1) is 5.41 Å². The Morgan fingerprint density at radius 3 is 2.30 bits per heavy atom.